The third kappa shape index (κ3) is 4.31. The van der Waals surface area contributed by atoms with Gasteiger partial charge in [0, 0.05) is 44.2 Å². The molecule has 0 bridgehead atoms. The molecule has 2 amide bonds. The Morgan fingerprint density at radius 3 is 2.79 bits per heavy atom. The summed E-state index contributed by atoms with van der Waals surface area (Å²) < 4.78 is 4.75. The van der Waals surface area contributed by atoms with Crippen LogP contribution in [0.25, 0.3) is 0 Å². The predicted molar refractivity (Wildman–Crippen MR) is 104 cm³/mol. The Labute approximate surface area is 168 Å². The molecule has 0 spiro atoms. The number of nitrogens with one attached hydrogen (secondary N) is 1. The predicted octanol–water partition coefficient (Wildman–Crippen LogP) is 1.95. The fraction of sp³-hybridized carbons (Fsp3) is 0.429. The van der Waals surface area contributed by atoms with Crippen molar-refractivity contribution < 1.29 is 19.1 Å². The molecular weight excluding hydrogens is 372 g/mol. The molecule has 4 rings (SSSR count). The molecule has 0 atom stereocenters. The number of esters is 1. The van der Waals surface area contributed by atoms with Gasteiger partial charge in [-0.05, 0) is 36.6 Å². The number of methoxy groups -OCH3 is 1. The standard InChI is InChI=1S/C21H24N4O4/c1-29-21(28)16-4-2-3-14(11-16)13-25-10-9-24(8-7-19(25)26)20(27)18-12-17(22-23-18)15-5-6-15/h2-4,11-12,15H,5-10,13H2,1H3,(H,22,23). The van der Waals surface area contributed by atoms with Crippen LogP contribution in [0.3, 0.4) is 0 Å². The van der Waals surface area contributed by atoms with E-state index in [0.717, 1.165) is 24.1 Å². The van der Waals surface area contributed by atoms with Crippen molar-refractivity contribution in [3.63, 3.8) is 0 Å². The van der Waals surface area contributed by atoms with Crippen molar-refractivity contribution in [3.05, 3.63) is 52.8 Å². The fourth-order valence-corrected chi connectivity index (χ4v) is 3.58. The van der Waals surface area contributed by atoms with Crippen molar-refractivity contribution in [3.8, 4) is 0 Å². The van der Waals surface area contributed by atoms with E-state index in [4.69, 9.17) is 4.74 Å². The number of rotatable bonds is 5. The molecule has 1 aliphatic carbocycles. The molecule has 8 heteroatoms. The van der Waals surface area contributed by atoms with Crippen LogP contribution >= 0.6 is 0 Å². The SMILES string of the molecule is COC(=O)c1cccc(CN2CCN(C(=O)c3cc(C4CC4)[nH]n3)CCC2=O)c1. The van der Waals surface area contributed by atoms with Gasteiger partial charge in [0.1, 0.15) is 5.69 Å². The van der Waals surface area contributed by atoms with E-state index >= 15 is 0 Å². The Balaban J connectivity index is 1.40. The van der Waals surface area contributed by atoms with E-state index in [0.29, 0.717) is 43.4 Å². The van der Waals surface area contributed by atoms with Crippen molar-refractivity contribution in [1.82, 2.24) is 20.0 Å². The van der Waals surface area contributed by atoms with E-state index in [-0.39, 0.29) is 18.2 Å². The molecule has 1 N–H and O–H groups in total. The van der Waals surface area contributed by atoms with Gasteiger partial charge in [-0.3, -0.25) is 14.7 Å². The normalized spacial score (nSPS) is 17.2. The Morgan fingerprint density at radius 2 is 2.03 bits per heavy atom. The third-order valence-electron chi connectivity index (χ3n) is 5.43. The lowest BCUT2D eigenvalue weighted by atomic mass is 10.1. The number of benzene rings is 1. The monoisotopic (exact) mass is 396 g/mol. The van der Waals surface area contributed by atoms with Gasteiger partial charge in [0.2, 0.25) is 5.91 Å². The second-order valence-electron chi connectivity index (χ2n) is 7.53. The summed E-state index contributed by atoms with van der Waals surface area (Å²) in [6.45, 7) is 1.65. The molecule has 2 aromatic rings. The van der Waals surface area contributed by atoms with Crippen LogP contribution in [0.5, 0.6) is 0 Å². The van der Waals surface area contributed by atoms with Gasteiger partial charge in [-0.2, -0.15) is 5.10 Å². The number of amides is 2. The van der Waals surface area contributed by atoms with E-state index in [9.17, 15) is 14.4 Å². The first-order valence-corrected chi connectivity index (χ1v) is 9.85. The average molecular weight is 396 g/mol. The van der Waals surface area contributed by atoms with Gasteiger partial charge >= 0.3 is 5.97 Å². The van der Waals surface area contributed by atoms with E-state index in [1.165, 1.54) is 7.11 Å². The number of nitrogens with zero attached hydrogens (tertiary/aromatic N) is 3. The lowest BCUT2D eigenvalue weighted by Gasteiger charge is -2.22. The molecule has 2 fully saturated rings. The largest absolute Gasteiger partial charge is 0.465 e. The van der Waals surface area contributed by atoms with Crippen molar-refractivity contribution in [2.24, 2.45) is 0 Å². The van der Waals surface area contributed by atoms with Gasteiger partial charge in [0.05, 0.1) is 12.7 Å². The smallest absolute Gasteiger partial charge is 0.337 e. The Hall–Kier alpha value is -3.16. The van der Waals surface area contributed by atoms with Crippen LogP contribution in [0, 0.1) is 0 Å². The molecular formula is C21H24N4O4. The number of carbonyl (C=O) groups excluding carboxylic acids is 3. The minimum absolute atomic E-state index is 0.00975. The van der Waals surface area contributed by atoms with Crippen LogP contribution in [-0.4, -0.2) is 64.5 Å². The quantitative estimate of drug-likeness (QED) is 0.780. The summed E-state index contributed by atoms with van der Waals surface area (Å²) in [5, 5.41) is 7.12. The number of aromatic nitrogens is 2. The van der Waals surface area contributed by atoms with E-state index < -0.39 is 5.97 Å². The first kappa shape index (κ1) is 19.2. The zero-order valence-corrected chi connectivity index (χ0v) is 16.4. The summed E-state index contributed by atoms with van der Waals surface area (Å²) >= 11 is 0. The molecule has 1 aromatic heterocycles. The summed E-state index contributed by atoms with van der Waals surface area (Å²) in [7, 11) is 1.34. The lowest BCUT2D eigenvalue weighted by molar-refractivity contribution is -0.130. The highest BCUT2D eigenvalue weighted by atomic mass is 16.5. The van der Waals surface area contributed by atoms with Crippen LogP contribution in [0.1, 0.15) is 57.3 Å². The number of aromatic amines is 1. The van der Waals surface area contributed by atoms with Gasteiger partial charge in [0.25, 0.3) is 5.91 Å². The zero-order valence-electron chi connectivity index (χ0n) is 16.4. The van der Waals surface area contributed by atoms with Crippen molar-refractivity contribution in [1.29, 1.82) is 0 Å². The van der Waals surface area contributed by atoms with Crippen LogP contribution in [0.15, 0.2) is 30.3 Å². The molecule has 1 aliphatic heterocycles. The minimum atomic E-state index is -0.407. The van der Waals surface area contributed by atoms with Crippen LogP contribution in [0.4, 0.5) is 0 Å². The number of hydrogen-bond donors (Lipinski definition) is 1. The second-order valence-corrected chi connectivity index (χ2v) is 7.53. The van der Waals surface area contributed by atoms with Gasteiger partial charge in [-0.1, -0.05) is 12.1 Å². The first-order chi connectivity index (χ1) is 14.0. The highest BCUT2D eigenvalue weighted by Gasteiger charge is 2.29. The molecule has 1 aromatic carbocycles. The van der Waals surface area contributed by atoms with Crippen molar-refractivity contribution in [2.75, 3.05) is 26.7 Å². The number of hydrogen-bond acceptors (Lipinski definition) is 5. The highest BCUT2D eigenvalue weighted by Crippen LogP contribution is 2.39. The maximum atomic E-state index is 12.8. The van der Waals surface area contributed by atoms with Gasteiger partial charge in [-0.15, -0.1) is 0 Å². The van der Waals surface area contributed by atoms with Crippen LogP contribution in [-0.2, 0) is 16.1 Å². The molecule has 1 saturated heterocycles. The second kappa shape index (κ2) is 8.06. The fourth-order valence-electron chi connectivity index (χ4n) is 3.58. The van der Waals surface area contributed by atoms with Crippen molar-refractivity contribution in [2.45, 2.75) is 31.7 Å². The van der Waals surface area contributed by atoms with E-state index in [1.807, 2.05) is 12.1 Å². The van der Waals surface area contributed by atoms with E-state index in [1.54, 1.807) is 28.0 Å². The molecule has 2 aliphatic rings. The Morgan fingerprint density at radius 1 is 1.21 bits per heavy atom. The molecule has 8 nitrogen and oxygen atoms in total. The lowest BCUT2D eigenvalue weighted by Crippen LogP contribution is -2.35. The van der Waals surface area contributed by atoms with Crippen LogP contribution in [0.2, 0.25) is 0 Å². The van der Waals surface area contributed by atoms with Gasteiger partial charge < -0.3 is 14.5 Å². The number of carbonyl (C=O) groups is 3. The van der Waals surface area contributed by atoms with Crippen LogP contribution < -0.4 is 0 Å². The van der Waals surface area contributed by atoms with Crippen molar-refractivity contribution >= 4 is 17.8 Å². The molecule has 0 unspecified atom stereocenters. The molecule has 29 heavy (non-hydrogen) atoms. The van der Waals surface area contributed by atoms with Gasteiger partial charge in [0.15, 0.2) is 0 Å². The summed E-state index contributed by atoms with van der Waals surface area (Å²) in [6, 6.07) is 8.89. The summed E-state index contributed by atoms with van der Waals surface area (Å²) in [6.07, 6.45) is 2.54. The molecule has 2 heterocycles. The van der Waals surface area contributed by atoms with Gasteiger partial charge in [-0.25, -0.2) is 4.79 Å². The Kier molecular flexibility index (Phi) is 5.33. The number of H-pyrrole nitrogens is 1. The summed E-state index contributed by atoms with van der Waals surface area (Å²) in [4.78, 5) is 40.5. The Bertz CT molecular complexity index is 934. The average Bonchev–Trinajstić information content (AvgIpc) is 3.50. The first-order valence-electron chi connectivity index (χ1n) is 9.85. The maximum absolute atomic E-state index is 12.8. The summed E-state index contributed by atoms with van der Waals surface area (Å²) in [5.41, 5.74) is 2.74. The minimum Gasteiger partial charge on any atom is -0.465 e. The number of ether oxygens (including phenoxy) is 1. The molecule has 0 radical (unpaired) electrons. The molecule has 1 saturated carbocycles. The maximum Gasteiger partial charge on any atom is 0.337 e. The third-order valence-corrected chi connectivity index (χ3v) is 5.43. The summed E-state index contributed by atoms with van der Waals surface area (Å²) in [5.74, 6) is -0.0543. The zero-order chi connectivity index (χ0) is 20.4. The highest BCUT2D eigenvalue weighted by molar-refractivity contribution is 5.93. The van der Waals surface area contributed by atoms with E-state index in [2.05, 4.69) is 10.2 Å². The molecule has 152 valence electrons. The topological polar surface area (TPSA) is 95.6 Å².